The van der Waals surface area contributed by atoms with Crippen LogP contribution in [-0.2, 0) is 4.79 Å². The van der Waals surface area contributed by atoms with Crippen LogP contribution in [0.3, 0.4) is 0 Å². The summed E-state index contributed by atoms with van der Waals surface area (Å²) in [6.45, 7) is 8.03. The third-order valence-electron chi connectivity index (χ3n) is 3.79. The van der Waals surface area contributed by atoms with Crippen LogP contribution in [0.5, 0.6) is 0 Å². The molecule has 0 aromatic carbocycles. The fraction of sp³-hybridized carbons (Fsp3) is 0.923. The largest absolute Gasteiger partial charge is 0.338 e. The number of likely N-dealkylation sites (tertiary alicyclic amines) is 1. The lowest BCUT2D eigenvalue weighted by Gasteiger charge is -2.38. The molecular weight excluding hydrogens is 200 g/mol. The van der Waals surface area contributed by atoms with Crippen molar-refractivity contribution in [3.8, 4) is 0 Å². The lowest BCUT2D eigenvalue weighted by atomic mass is 9.91. The second-order valence-electron chi connectivity index (χ2n) is 5.32. The van der Waals surface area contributed by atoms with E-state index >= 15 is 0 Å². The minimum atomic E-state index is 0.278. The molecule has 0 spiro atoms. The van der Waals surface area contributed by atoms with Crippen molar-refractivity contribution in [3.05, 3.63) is 0 Å². The van der Waals surface area contributed by atoms with Gasteiger partial charge in [0.05, 0.1) is 0 Å². The summed E-state index contributed by atoms with van der Waals surface area (Å²) in [5, 5.41) is 0. The molecule has 1 aliphatic rings. The normalized spacial score (nSPS) is 27.9. The number of carbonyl (C=O) groups excluding carboxylic acids is 1. The highest BCUT2D eigenvalue weighted by molar-refractivity contribution is 5.76. The van der Waals surface area contributed by atoms with E-state index in [1.54, 1.807) is 0 Å². The van der Waals surface area contributed by atoms with Gasteiger partial charge in [0, 0.05) is 25.6 Å². The van der Waals surface area contributed by atoms with Gasteiger partial charge in [-0.1, -0.05) is 27.2 Å². The van der Waals surface area contributed by atoms with Gasteiger partial charge < -0.3 is 10.6 Å². The Bertz CT molecular complexity index is 230. The van der Waals surface area contributed by atoms with Gasteiger partial charge in [0.1, 0.15) is 0 Å². The first-order valence-electron chi connectivity index (χ1n) is 6.58. The highest BCUT2D eigenvalue weighted by Gasteiger charge is 2.28. The van der Waals surface area contributed by atoms with Crippen molar-refractivity contribution in [2.45, 2.75) is 52.5 Å². The van der Waals surface area contributed by atoms with Crippen molar-refractivity contribution in [1.29, 1.82) is 0 Å². The first kappa shape index (κ1) is 13.5. The summed E-state index contributed by atoms with van der Waals surface area (Å²) in [6.07, 6.45) is 3.95. The van der Waals surface area contributed by atoms with E-state index in [0.717, 1.165) is 25.8 Å². The monoisotopic (exact) mass is 226 g/mol. The van der Waals surface area contributed by atoms with E-state index in [4.69, 9.17) is 5.73 Å². The average Bonchev–Trinajstić information content (AvgIpc) is 2.28. The van der Waals surface area contributed by atoms with Gasteiger partial charge in [-0.15, -0.1) is 0 Å². The highest BCUT2D eigenvalue weighted by Crippen LogP contribution is 2.23. The number of amides is 1. The van der Waals surface area contributed by atoms with Crippen LogP contribution in [0.1, 0.15) is 46.5 Å². The van der Waals surface area contributed by atoms with E-state index < -0.39 is 0 Å². The van der Waals surface area contributed by atoms with Crippen LogP contribution >= 0.6 is 0 Å². The van der Waals surface area contributed by atoms with Crippen LogP contribution < -0.4 is 5.73 Å². The third kappa shape index (κ3) is 3.48. The molecule has 0 bridgehead atoms. The molecule has 0 radical (unpaired) electrons. The van der Waals surface area contributed by atoms with Crippen molar-refractivity contribution in [3.63, 3.8) is 0 Å². The maximum atomic E-state index is 12.1. The Balaban J connectivity index is 2.53. The van der Waals surface area contributed by atoms with Crippen LogP contribution in [-0.4, -0.2) is 29.9 Å². The van der Waals surface area contributed by atoms with Crippen LogP contribution in [0.4, 0.5) is 0 Å². The maximum absolute atomic E-state index is 12.1. The molecule has 3 nitrogen and oxygen atoms in total. The minimum Gasteiger partial charge on any atom is -0.338 e. The Morgan fingerprint density at radius 2 is 2.25 bits per heavy atom. The summed E-state index contributed by atoms with van der Waals surface area (Å²) in [6, 6.07) is 0.278. The predicted octanol–water partition coefficient (Wildman–Crippen LogP) is 2.01. The predicted molar refractivity (Wildman–Crippen MR) is 67.0 cm³/mol. The summed E-state index contributed by atoms with van der Waals surface area (Å²) in [5.74, 6) is 1.50. The Hall–Kier alpha value is -0.570. The Morgan fingerprint density at radius 1 is 1.56 bits per heavy atom. The molecule has 0 saturated carbocycles. The van der Waals surface area contributed by atoms with E-state index in [1.807, 2.05) is 4.90 Å². The lowest BCUT2D eigenvalue weighted by molar-refractivity contribution is -0.136. The number of hydrogen-bond acceptors (Lipinski definition) is 2. The van der Waals surface area contributed by atoms with Crippen LogP contribution in [0.15, 0.2) is 0 Å². The van der Waals surface area contributed by atoms with Gasteiger partial charge in [0.2, 0.25) is 5.91 Å². The highest BCUT2D eigenvalue weighted by atomic mass is 16.2. The number of carbonyl (C=O) groups is 1. The molecule has 0 aromatic rings. The van der Waals surface area contributed by atoms with Crippen LogP contribution in [0.25, 0.3) is 0 Å². The van der Waals surface area contributed by atoms with Gasteiger partial charge in [-0.3, -0.25) is 4.79 Å². The van der Waals surface area contributed by atoms with Crippen molar-refractivity contribution < 1.29 is 4.79 Å². The summed E-state index contributed by atoms with van der Waals surface area (Å²) < 4.78 is 0. The van der Waals surface area contributed by atoms with Gasteiger partial charge in [-0.05, 0) is 24.7 Å². The quantitative estimate of drug-likeness (QED) is 0.797. The molecule has 3 heteroatoms. The topological polar surface area (TPSA) is 46.3 Å². The zero-order chi connectivity index (χ0) is 12.1. The first-order valence-corrected chi connectivity index (χ1v) is 6.58. The summed E-state index contributed by atoms with van der Waals surface area (Å²) in [5.41, 5.74) is 5.76. The fourth-order valence-electron chi connectivity index (χ4n) is 2.36. The van der Waals surface area contributed by atoms with Gasteiger partial charge in [-0.25, -0.2) is 0 Å². The number of nitrogens with zero attached hydrogens (tertiary/aromatic N) is 1. The Morgan fingerprint density at radius 3 is 2.81 bits per heavy atom. The standard InChI is InChI=1S/C13H26N2O/c1-4-10(2)8-13(16)15-6-5-11(3)7-12(15)9-14/h10-12H,4-9,14H2,1-3H3. The molecule has 1 aliphatic heterocycles. The molecular formula is C13H26N2O. The number of hydrogen-bond donors (Lipinski definition) is 1. The summed E-state index contributed by atoms with van der Waals surface area (Å²) in [7, 11) is 0. The van der Waals surface area contributed by atoms with E-state index in [9.17, 15) is 4.79 Å². The summed E-state index contributed by atoms with van der Waals surface area (Å²) >= 11 is 0. The Kier molecular flexibility index (Phi) is 5.26. The van der Waals surface area contributed by atoms with Gasteiger partial charge >= 0.3 is 0 Å². The molecule has 1 saturated heterocycles. The number of rotatable bonds is 4. The number of nitrogens with two attached hydrogens (primary N) is 1. The van der Waals surface area contributed by atoms with Crippen molar-refractivity contribution in [1.82, 2.24) is 4.90 Å². The van der Waals surface area contributed by atoms with E-state index in [-0.39, 0.29) is 6.04 Å². The van der Waals surface area contributed by atoms with Gasteiger partial charge in [0.15, 0.2) is 0 Å². The molecule has 0 aliphatic carbocycles. The van der Waals surface area contributed by atoms with Crippen molar-refractivity contribution in [2.75, 3.05) is 13.1 Å². The first-order chi connectivity index (χ1) is 7.58. The molecule has 1 heterocycles. The zero-order valence-electron chi connectivity index (χ0n) is 10.9. The second kappa shape index (κ2) is 6.24. The summed E-state index contributed by atoms with van der Waals surface area (Å²) in [4.78, 5) is 14.1. The van der Waals surface area contributed by atoms with Crippen molar-refractivity contribution in [2.24, 2.45) is 17.6 Å². The van der Waals surface area contributed by atoms with Gasteiger partial charge in [0.25, 0.3) is 0 Å². The second-order valence-corrected chi connectivity index (χ2v) is 5.32. The van der Waals surface area contributed by atoms with Crippen LogP contribution in [0.2, 0.25) is 0 Å². The van der Waals surface area contributed by atoms with E-state index in [2.05, 4.69) is 20.8 Å². The minimum absolute atomic E-state index is 0.278. The fourth-order valence-corrected chi connectivity index (χ4v) is 2.36. The molecule has 3 unspecified atom stereocenters. The van der Waals surface area contributed by atoms with Crippen molar-refractivity contribution >= 4 is 5.91 Å². The molecule has 1 rings (SSSR count). The number of piperidine rings is 1. The molecule has 1 amide bonds. The zero-order valence-corrected chi connectivity index (χ0v) is 10.9. The molecule has 1 fully saturated rings. The maximum Gasteiger partial charge on any atom is 0.223 e. The van der Waals surface area contributed by atoms with E-state index in [0.29, 0.717) is 30.7 Å². The third-order valence-corrected chi connectivity index (χ3v) is 3.79. The Labute approximate surface area is 99.4 Å². The SMILES string of the molecule is CCC(C)CC(=O)N1CCC(C)CC1CN. The lowest BCUT2D eigenvalue weighted by Crippen LogP contribution is -2.49. The molecule has 2 N–H and O–H groups in total. The van der Waals surface area contributed by atoms with E-state index in [1.165, 1.54) is 0 Å². The van der Waals surface area contributed by atoms with Gasteiger partial charge in [-0.2, -0.15) is 0 Å². The smallest absolute Gasteiger partial charge is 0.223 e. The molecule has 3 atom stereocenters. The van der Waals surface area contributed by atoms with Crippen LogP contribution in [0, 0.1) is 11.8 Å². The molecule has 0 aromatic heterocycles. The molecule has 94 valence electrons. The molecule has 16 heavy (non-hydrogen) atoms. The average molecular weight is 226 g/mol.